The van der Waals surface area contributed by atoms with Crippen LogP contribution >= 0.6 is 0 Å². The summed E-state index contributed by atoms with van der Waals surface area (Å²) in [6.07, 6.45) is 2.29. The van der Waals surface area contributed by atoms with Crippen molar-refractivity contribution in [2.24, 2.45) is 0 Å². The number of allylic oxidation sites excluding steroid dienone is 1. The first-order valence-electron chi connectivity index (χ1n) is 7.86. The number of Topliss-reactive ketones (excluding diaryl/α,β-unsaturated/α-hetero) is 1. The fraction of sp³-hybridized carbons (Fsp3) is 0.211. The van der Waals surface area contributed by atoms with E-state index in [0.717, 1.165) is 41.1 Å². The lowest BCUT2D eigenvalue weighted by molar-refractivity contribution is -0.116. The van der Waals surface area contributed by atoms with Crippen LogP contribution in [0.5, 0.6) is 0 Å². The Morgan fingerprint density at radius 3 is 2.48 bits per heavy atom. The van der Waals surface area contributed by atoms with Crippen LogP contribution < -0.4 is 10.6 Å². The number of para-hydroxylation sites is 2. The Labute approximate surface area is 134 Å². The molecule has 116 valence electrons. The Kier molecular flexibility index (Phi) is 3.37. The van der Waals surface area contributed by atoms with Gasteiger partial charge in [-0.25, -0.2) is 4.39 Å². The molecule has 23 heavy (non-hydrogen) atoms. The number of fused-ring (bicyclic) bond motifs is 1. The van der Waals surface area contributed by atoms with E-state index in [2.05, 4.69) is 10.6 Å². The van der Waals surface area contributed by atoms with Gasteiger partial charge in [-0.15, -0.1) is 0 Å². The summed E-state index contributed by atoms with van der Waals surface area (Å²) in [5.74, 6) is -0.113. The van der Waals surface area contributed by atoms with E-state index in [-0.39, 0.29) is 17.6 Å². The van der Waals surface area contributed by atoms with Crippen LogP contribution in [0.25, 0.3) is 0 Å². The van der Waals surface area contributed by atoms with Crippen molar-refractivity contribution in [2.75, 3.05) is 10.6 Å². The minimum absolute atomic E-state index is 0.161. The van der Waals surface area contributed by atoms with Gasteiger partial charge in [0.15, 0.2) is 5.78 Å². The molecule has 0 saturated heterocycles. The average molecular weight is 308 g/mol. The molecule has 0 aromatic heterocycles. The fourth-order valence-electron chi connectivity index (χ4n) is 3.34. The third kappa shape index (κ3) is 2.50. The maximum Gasteiger partial charge on any atom is 0.163 e. The zero-order valence-corrected chi connectivity index (χ0v) is 12.6. The molecule has 3 nitrogen and oxygen atoms in total. The average Bonchev–Trinajstić information content (AvgIpc) is 2.73. The Balaban J connectivity index is 1.86. The number of anilines is 2. The van der Waals surface area contributed by atoms with Gasteiger partial charge in [-0.05, 0) is 42.7 Å². The first-order valence-corrected chi connectivity index (χ1v) is 7.86. The lowest BCUT2D eigenvalue weighted by atomic mass is 9.87. The second-order valence-corrected chi connectivity index (χ2v) is 5.97. The van der Waals surface area contributed by atoms with Gasteiger partial charge in [-0.3, -0.25) is 4.79 Å². The quantitative estimate of drug-likeness (QED) is 0.820. The van der Waals surface area contributed by atoms with Crippen molar-refractivity contribution >= 4 is 17.2 Å². The molecule has 0 spiro atoms. The van der Waals surface area contributed by atoms with Crippen LogP contribution in [0.3, 0.4) is 0 Å². The number of carbonyl (C=O) groups excluding carboxylic acids is 1. The molecule has 2 N–H and O–H groups in total. The Bertz CT molecular complexity index is 795. The fourth-order valence-corrected chi connectivity index (χ4v) is 3.34. The van der Waals surface area contributed by atoms with Crippen LogP contribution in [0.4, 0.5) is 15.8 Å². The molecule has 4 heteroatoms. The highest BCUT2D eigenvalue weighted by Gasteiger charge is 2.31. The van der Waals surface area contributed by atoms with Crippen LogP contribution in [0.2, 0.25) is 0 Å². The minimum atomic E-state index is -0.273. The summed E-state index contributed by atoms with van der Waals surface area (Å²) in [4.78, 5) is 12.6. The topological polar surface area (TPSA) is 41.1 Å². The van der Waals surface area contributed by atoms with Gasteiger partial charge in [0.2, 0.25) is 0 Å². The molecular formula is C19H17FN2O. The largest absolute Gasteiger partial charge is 0.372 e. The van der Waals surface area contributed by atoms with Crippen molar-refractivity contribution in [1.29, 1.82) is 0 Å². The van der Waals surface area contributed by atoms with Crippen LogP contribution in [0, 0.1) is 5.82 Å². The van der Waals surface area contributed by atoms with Gasteiger partial charge in [0.25, 0.3) is 0 Å². The monoisotopic (exact) mass is 308 g/mol. The standard InChI is InChI=1S/C19H17FN2O/c20-13-10-8-12(9-11-13)19-18-16(6-3-7-17(18)23)21-14-4-1-2-5-15(14)22-19/h1-2,4-5,8-11,19,21-22H,3,6-7H2/t19-/m1/s1. The van der Waals surface area contributed by atoms with Crippen molar-refractivity contribution in [2.45, 2.75) is 25.3 Å². The highest BCUT2D eigenvalue weighted by Crippen LogP contribution is 2.40. The number of nitrogens with one attached hydrogen (secondary N) is 2. The van der Waals surface area contributed by atoms with Gasteiger partial charge in [0.1, 0.15) is 5.82 Å². The van der Waals surface area contributed by atoms with E-state index in [1.54, 1.807) is 12.1 Å². The Hall–Kier alpha value is -2.62. The number of halogens is 1. The summed E-state index contributed by atoms with van der Waals surface area (Å²) in [5.41, 5.74) is 4.57. The molecule has 1 aliphatic heterocycles. The van der Waals surface area contributed by atoms with E-state index in [1.807, 2.05) is 24.3 Å². The molecule has 0 unspecified atom stereocenters. The molecule has 0 saturated carbocycles. The molecule has 4 rings (SSSR count). The normalized spacial score (nSPS) is 20.0. The zero-order chi connectivity index (χ0) is 15.8. The van der Waals surface area contributed by atoms with Crippen molar-refractivity contribution < 1.29 is 9.18 Å². The van der Waals surface area contributed by atoms with Gasteiger partial charge in [0, 0.05) is 17.7 Å². The van der Waals surface area contributed by atoms with Gasteiger partial charge in [-0.2, -0.15) is 0 Å². The first kappa shape index (κ1) is 14.0. The predicted octanol–water partition coefficient (Wildman–Crippen LogP) is 4.41. The molecule has 2 aromatic carbocycles. The maximum atomic E-state index is 13.3. The SMILES string of the molecule is O=C1CCCC2=C1[C@@H](c1ccc(F)cc1)Nc1ccccc1N2. The number of rotatable bonds is 1. The van der Waals surface area contributed by atoms with Gasteiger partial charge < -0.3 is 10.6 Å². The smallest absolute Gasteiger partial charge is 0.163 e. The molecule has 1 aliphatic carbocycles. The molecule has 0 amide bonds. The predicted molar refractivity (Wildman–Crippen MR) is 88.7 cm³/mol. The van der Waals surface area contributed by atoms with Gasteiger partial charge in [0.05, 0.1) is 17.4 Å². The summed E-state index contributed by atoms with van der Waals surface area (Å²) in [7, 11) is 0. The van der Waals surface area contributed by atoms with E-state index in [0.29, 0.717) is 6.42 Å². The van der Waals surface area contributed by atoms with Crippen molar-refractivity contribution in [3.8, 4) is 0 Å². The third-order valence-corrected chi connectivity index (χ3v) is 4.46. The summed E-state index contributed by atoms with van der Waals surface area (Å²) in [6.45, 7) is 0. The summed E-state index contributed by atoms with van der Waals surface area (Å²) >= 11 is 0. The molecule has 2 aromatic rings. The van der Waals surface area contributed by atoms with Crippen molar-refractivity contribution in [1.82, 2.24) is 0 Å². The van der Waals surface area contributed by atoms with E-state index in [4.69, 9.17) is 0 Å². The maximum absolute atomic E-state index is 13.3. The van der Waals surface area contributed by atoms with E-state index >= 15 is 0 Å². The Morgan fingerprint density at radius 2 is 1.70 bits per heavy atom. The molecule has 1 heterocycles. The molecular weight excluding hydrogens is 291 g/mol. The lowest BCUT2D eigenvalue weighted by Crippen LogP contribution is -2.23. The number of ketones is 1. The first-order chi connectivity index (χ1) is 11.2. The molecule has 0 radical (unpaired) electrons. The highest BCUT2D eigenvalue weighted by atomic mass is 19.1. The number of benzene rings is 2. The van der Waals surface area contributed by atoms with Crippen LogP contribution in [0.15, 0.2) is 59.8 Å². The van der Waals surface area contributed by atoms with Crippen LogP contribution in [-0.2, 0) is 4.79 Å². The number of hydrogen-bond acceptors (Lipinski definition) is 3. The summed E-state index contributed by atoms with van der Waals surface area (Å²) < 4.78 is 13.3. The van der Waals surface area contributed by atoms with E-state index < -0.39 is 0 Å². The van der Waals surface area contributed by atoms with Gasteiger partial charge >= 0.3 is 0 Å². The lowest BCUT2D eigenvalue weighted by Gasteiger charge is -2.25. The number of carbonyl (C=O) groups is 1. The summed E-state index contributed by atoms with van der Waals surface area (Å²) in [5, 5.41) is 6.89. The minimum Gasteiger partial charge on any atom is -0.372 e. The van der Waals surface area contributed by atoms with Crippen molar-refractivity contribution in [3.05, 3.63) is 71.2 Å². The van der Waals surface area contributed by atoms with E-state index in [1.165, 1.54) is 12.1 Å². The van der Waals surface area contributed by atoms with Crippen molar-refractivity contribution in [3.63, 3.8) is 0 Å². The zero-order valence-electron chi connectivity index (χ0n) is 12.6. The Morgan fingerprint density at radius 1 is 0.957 bits per heavy atom. The van der Waals surface area contributed by atoms with Crippen LogP contribution in [0.1, 0.15) is 30.9 Å². The molecule has 0 fully saturated rings. The molecule has 1 atom stereocenters. The molecule has 2 aliphatic rings. The molecule has 0 bridgehead atoms. The number of hydrogen-bond donors (Lipinski definition) is 2. The van der Waals surface area contributed by atoms with Crippen LogP contribution in [-0.4, -0.2) is 5.78 Å². The van der Waals surface area contributed by atoms with Gasteiger partial charge in [-0.1, -0.05) is 24.3 Å². The third-order valence-electron chi connectivity index (χ3n) is 4.46. The second kappa shape index (κ2) is 5.54. The summed E-state index contributed by atoms with van der Waals surface area (Å²) in [6, 6.07) is 14.0. The van der Waals surface area contributed by atoms with E-state index in [9.17, 15) is 9.18 Å². The second-order valence-electron chi connectivity index (χ2n) is 5.97. The highest BCUT2D eigenvalue weighted by molar-refractivity contribution is 6.00.